The van der Waals surface area contributed by atoms with Gasteiger partial charge >= 0.3 is 5.97 Å². The lowest BCUT2D eigenvalue weighted by Crippen LogP contribution is -2.11. The van der Waals surface area contributed by atoms with Gasteiger partial charge in [-0.2, -0.15) is 0 Å². The van der Waals surface area contributed by atoms with Crippen molar-refractivity contribution in [3.63, 3.8) is 0 Å². The molecule has 1 aromatic heterocycles. The minimum absolute atomic E-state index is 0.0596. The lowest BCUT2D eigenvalue weighted by Gasteiger charge is -2.12. The number of alkyl halides is 2. The monoisotopic (exact) mass is 261 g/mol. The van der Waals surface area contributed by atoms with Crippen LogP contribution in [0.2, 0.25) is 0 Å². The molecule has 100 valence electrons. The van der Waals surface area contributed by atoms with Gasteiger partial charge in [-0.05, 0) is 6.92 Å². The molecule has 1 rings (SSSR count). The number of aromatic nitrogens is 1. The van der Waals surface area contributed by atoms with Crippen molar-refractivity contribution in [1.82, 2.24) is 4.98 Å². The number of hydrogen-bond donors (Lipinski definition) is 0. The third kappa shape index (κ3) is 2.85. The molecule has 0 bridgehead atoms. The van der Waals surface area contributed by atoms with Gasteiger partial charge in [0.15, 0.2) is 5.56 Å². The number of hydrogen-bond acceptors (Lipinski definition) is 5. The summed E-state index contributed by atoms with van der Waals surface area (Å²) in [7, 11) is 2.48. The number of methoxy groups -OCH3 is 2. The maximum atomic E-state index is 12.6. The first-order valence-electron chi connectivity index (χ1n) is 5.13. The first kappa shape index (κ1) is 14.1. The fraction of sp³-hybridized carbons (Fsp3) is 0.455. The summed E-state index contributed by atoms with van der Waals surface area (Å²) < 4.78 is 39.7. The van der Waals surface area contributed by atoms with Gasteiger partial charge < -0.3 is 14.2 Å². The highest BCUT2D eigenvalue weighted by Gasteiger charge is 2.24. The van der Waals surface area contributed by atoms with Crippen molar-refractivity contribution in [2.75, 3.05) is 20.8 Å². The second-order valence-electron chi connectivity index (χ2n) is 3.15. The topological polar surface area (TPSA) is 57.7 Å². The predicted molar refractivity (Wildman–Crippen MR) is 58.3 cm³/mol. The second kappa shape index (κ2) is 6.13. The zero-order chi connectivity index (χ0) is 13.7. The molecule has 0 atom stereocenters. The van der Waals surface area contributed by atoms with Crippen LogP contribution in [0.3, 0.4) is 0 Å². The van der Waals surface area contributed by atoms with Crippen LogP contribution in [0.1, 0.15) is 29.4 Å². The fourth-order valence-corrected chi connectivity index (χ4v) is 1.33. The van der Waals surface area contributed by atoms with E-state index in [2.05, 4.69) is 4.98 Å². The van der Waals surface area contributed by atoms with E-state index < -0.39 is 18.1 Å². The summed E-state index contributed by atoms with van der Waals surface area (Å²) in [6.07, 6.45) is -2.79. The van der Waals surface area contributed by atoms with E-state index in [1.807, 2.05) is 0 Å². The van der Waals surface area contributed by atoms with E-state index in [1.54, 1.807) is 6.92 Å². The number of nitrogens with zero attached hydrogens (tertiary/aromatic N) is 1. The Morgan fingerprint density at radius 3 is 2.50 bits per heavy atom. The number of carbonyl (C=O) groups excluding carboxylic acids is 1. The van der Waals surface area contributed by atoms with Gasteiger partial charge in [0.2, 0.25) is 5.88 Å². The molecule has 1 heterocycles. The van der Waals surface area contributed by atoms with E-state index in [1.165, 1.54) is 14.2 Å². The molecule has 0 amide bonds. The van der Waals surface area contributed by atoms with Crippen molar-refractivity contribution in [3.05, 3.63) is 17.3 Å². The summed E-state index contributed by atoms with van der Waals surface area (Å²) in [6, 6.07) is 0.986. The lowest BCUT2D eigenvalue weighted by atomic mass is 10.2. The molecule has 0 aliphatic heterocycles. The molecule has 0 radical (unpaired) electrons. The van der Waals surface area contributed by atoms with Crippen molar-refractivity contribution >= 4 is 5.97 Å². The summed E-state index contributed by atoms with van der Waals surface area (Å²) in [5.41, 5.74) is -0.636. The third-order valence-corrected chi connectivity index (χ3v) is 2.09. The molecule has 7 heteroatoms. The minimum atomic E-state index is -2.79. The molecule has 0 saturated carbocycles. The Morgan fingerprint density at radius 2 is 2.06 bits per heavy atom. The summed E-state index contributed by atoms with van der Waals surface area (Å²) in [4.78, 5) is 15.2. The normalized spacial score (nSPS) is 10.3. The number of halogens is 2. The molecule has 0 spiro atoms. The van der Waals surface area contributed by atoms with E-state index >= 15 is 0 Å². The highest BCUT2D eigenvalue weighted by Crippen LogP contribution is 2.31. The maximum Gasteiger partial charge on any atom is 0.347 e. The van der Waals surface area contributed by atoms with Crippen LogP contribution >= 0.6 is 0 Å². The number of carbonyl (C=O) groups is 1. The maximum absolute atomic E-state index is 12.6. The highest BCUT2D eigenvalue weighted by atomic mass is 19.3. The Hall–Kier alpha value is -1.92. The molecule has 0 N–H and O–H groups in total. The van der Waals surface area contributed by atoms with Crippen molar-refractivity contribution in [3.8, 4) is 11.6 Å². The second-order valence-corrected chi connectivity index (χ2v) is 3.15. The Kier molecular flexibility index (Phi) is 4.82. The van der Waals surface area contributed by atoms with Crippen LogP contribution in [0, 0.1) is 0 Å². The molecule has 18 heavy (non-hydrogen) atoms. The first-order chi connectivity index (χ1) is 8.54. The first-order valence-corrected chi connectivity index (χ1v) is 5.13. The summed E-state index contributed by atoms with van der Waals surface area (Å²) >= 11 is 0. The van der Waals surface area contributed by atoms with Crippen molar-refractivity contribution in [2.45, 2.75) is 13.3 Å². The molecule has 0 aliphatic rings. The smallest absolute Gasteiger partial charge is 0.347 e. The summed E-state index contributed by atoms with van der Waals surface area (Å²) in [5, 5.41) is 0. The van der Waals surface area contributed by atoms with Gasteiger partial charge in [-0.25, -0.2) is 18.6 Å². The van der Waals surface area contributed by atoms with E-state index in [0.29, 0.717) is 0 Å². The molecule has 5 nitrogen and oxygen atoms in total. The average molecular weight is 261 g/mol. The van der Waals surface area contributed by atoms with Crippen LogP contribution in [0.5, 0.6) is 11.6 Å². The molecular weight excluding hydrogens is 248 g/mol. The van der Waals surface area contributed by atoms with Crippen LogP contribution in [0.4, 0.5) is 8.78 Å². The highest BCUT2D eigenvalue weighted by molar-refractivity contribution is 5.95. The van der Waals surface area contributed by atoms with Crippen LogP contribution in [-0.2, 0) is 4.74 Å². The molecule has 0 unspecified atom stereocenters. The van der Waals surface area contributed by atoms with Crippen LogP contribution < -0.4 is 9.47 Å². The lowest BCUT2D eigenvalue weighted by molar-refractivity contribution is 0.0516. The number of ether oxygens (including phenoxy) is 3. The molecule has 0 saturated heterocycles. The molecule has 1 aromatic rings. The van der Waals surface area contributed by atoms with Crippen molar-refractivity contribution < 1.29 is 27.8 Å². The minimum Gasteiger partial charge on any atom is -0.496 e. The summed E-state index contributed by atoms with van der Waals surface area (Å²) in [6.45, 7) is 1.76. The molecule has 0 aliphatic carbocycles. The van der Waals surface area contributed by atoms with Gasteiger partial charge in [0.05, 0.1) is 20.8 Å². The zero-order valence-corrected chi connectivity index (χ0v) is 10.2. The average Bonchev–Trinajstić information content (AvgIpc) is 2.36. The van der Waals surface area contributed by atoms with Crippen LogP contribution in [0.25, 0.3) is 0 Å². The number of rotatable bonds is 5. The van der Waals surface area contributed by atoms with Gasteiger partial charge in [0, 0.05) is 6.07 Å². The SMILES string of the molecule is CCOC(=O)c1c(OC)cc(C(F)F)nc1OC. The Labute approximate surface area is 103 Å². The van der Waals surface area contributed by atoms with Crippen molar-refractivity contribution in [2.24, 2.45) is 0 Å². The largest absolute Gasteiger partial charge is 0.496 e. The zero-order valence-electron chi connectivity index (χ0n) is 10.2. The van der Waals surface area contributed by atoms with Crippen LogP contribution in [0.15, 0.2) is 6.07 Å². The Morgan fingerprint density at radius 1 is 1.39 bits per heavy atom. The Bertz CT molecular complexity index is 412. The third-order valence-electron chi connectivity index (χ3n) is 2.09. The van der Waals surface area contributed by atoms with E-state index in [0.717, 1.165) is 6.07 Å². The molecular formula is C11H13F2NO4. The van der Waals surface area contributed by atoms with Crippen LogP contribution in [-0.4, -0.2) is 31.8 Å². The van der Waals surface area contributed by atoms with Gasteiger partial charge in [0.25, 0.3) is 6.43 Å². The number of pyridine rings is 1. The predicted octanol–water partition coefficient (Wildman–Crippen LogP) is 2.21. The van der Waals surface area contributed by atoms with Gasteiger partial charge in [-0.15, -0.1) is 0 Å². The van der Waals surface area contributed by atoms with E-state index in [-0.39, 0.29) is 23.8 Å². The van der Waals surface area contributed by atoms with Gasteiger partial charge in [-0.3, -0.25) is 0 Å². The van der Waals surface area contributed by atoms with E-state index in [9.17, 15) is 13.6 Å². The van der Waals surface area contributed by atoms with Crippen molar-refractivity contribution in [1.29, 1.82) is 0 Å². The fourth-order valence-electron chi connectivity index (χ4n) is 1.33. The molecule has 0 fully saturated rings. The van der Waals surface area contributed by atoms with Gasteiger partial charge in [-0.1, -0.05) is 0 Å². The standard InChI is InChI=1S/C11H13F2NO4/c1-4-18-11(15)8-7(16-2)5-6(9(12)13)14-10(8)17-3/h5,9H,4H2,1-3H3. The van der Waals surface area contributed by atoms with E-state index in [4.69, 9.17) is 14.2 Å². The van der Waals surface area contributed by atoms with Gasteiger partial charge in [0.1, 0.15) is 11.4 Å². The molecule has 0 aromatic carbocycles. The Balaban J connectivity index is 3.34. The quantitative estimate of drug-likeness (QED) is 0.760. The number of esters is 1. The summed E-state index contributed by atoms with van der Waals surface area (Å²) in [5.74, 6) is -1.04.